The van der Waals surface area contributed by atoms with Gasteiger partial charge in [-0.3, -0.25) is 4.79 Å². The number of nitrogens with one attached hydrogen (secondary N) is 1. The number of ether oxygens (including phenoxy) is 1. The van der Waals surface area contributed by atoms with Gasteiger partial charge in [-0.2, -0.15) is 18.4 Å². The van der Waals surface area contributed by atoms with Crippen LogP contribution in [0.15, 0.2) is 18.2 Å². The molecule has 0 radical (unpaired) electrons. The summed E-state index contributed by atoms with van der Waals surface area (Å²) in [6.45, 7) is 3.38. The van der Waals surface area contributed by atoms with Crippen molar-refractivity contribution in [1.82, 2.24) is 19.8 Å². The van der Waals surface area contributed by atoms with Gasteiger partial charge >= 0.3 is 0 Å². The summed E-state index contributed by atoms with van der Waals surface area (Å²) in [6, 6.07) is 4.92. The highest BCUT2D eigenvalue weighted by Crippen LogP contribution is 2.32. The van der Waals surface area contributed by atoms with Crippen molar-refractivity contribution in [3.8, 4) is 16.3 Å². The van der Waals surface area contributed by atoms with Gasteiger partial charge in [0.1, 0.15) is 10.6 Å². The Morgan fingerprint density at radius 2 is 1.74 bits per heavy atom. The van der Waals surface area contributed by atoms with E-state index in [4.69, 9.17) is 0 Å². The number of benzene rings is 2. The zero-order chi connectivity index (χ0) is 22.4. The number of carbonyl (C=O) groups is 1. The van der Waals surface area contributed by atoms with Crippen molar-refractivity contribution in [1.29, 1.82) is 0 Å². The highest BCUT2D eigenvalue weighted by atomic mass is 32.1. The van der Waals surface area contributed by atoms with Crippen molar-refractivity contribution in [3.63, 3.8) is 0 Å². The Hall–Kier alpha value is -3.54. The van der Waals surface area contributed by atoms with E-state index >= 15 is 0 Å². The molecule has 12 heteroatoms. The van der Waals surface area contributed by atoms with Crippen LogP contribution in [0.1, 0.15) is 21.7 Å². The lowest BCUT2D eigenvalue weighted by Crippen LogP contribution is -2.19. The van der Waals surface area contributed by atoms with Crippen LogP contribution in [-0.2, 0) is 0 Å². The molecule has 1 N–H and O–H groups in total. The summed E-state index contributed by atoms with van der Waals surface area (Å²) < 4.78 is 62.3. The highest BCUT2D eigenvalue weighted by molar-refractivity contribution is 7.19. The van der Waals surface area contributed by atoms with Crippen LogP contribution in [0.5, 0.6) is 5.75 Å². The second kappa shape index (κ2) is 7.61. The van der Waals surface area contributed by atoms with Crippen molar-refractivity contribution < 1.29 is 27.1 Å². The number of rotatable bonds is 4. The number of carbonyl (C=O) groups excluding carboxylic acids is 1. The lowest BCUT2D eigenvalue weighted by Gasteiger charge is -2.13. The van der Waals surface area contributed by atoms with E-state index in [1.807, 2.05) is 0 Å². The molecule has 4 rings (SSSR count). The van der Waals surface area contributed by atoms with Gasteiger partial charge in [-0.15, -0.1) is 10.2 Å². The van der Waals surface area contributed by atoms with Crippen LogP contribution in [0.3, 0.4) is 0 Å². The minimum absolute atomic E-state index is 0.181. The third kappa shape index (κ3) is 3.38. The molecule has 4 aromatic rings. The van der Waals surface area contributed by atoms with Crippen LogP contribution in [0.4, 0.5) is 23.2 Å². The van der Waals surface area contributed by atoms with Gasteiger partial charge in [0.2, 0.25) is 16.6 Å². The van der Waals surface area contributed by atoms with E-state index in [0.29, 0.717) is 26.9 Å². The predicted molar refractivity (Wildman–Crippen MR) is 104 cm³/mol. The van der Waals surface area contributed by atoms with Crippen molar-refractivity contribution in [2.24, 2.45) is 0 Å². The van der Waals surface area contributed by atoms with Crippen LogP contribution in [0.2, 0.25) is 0 Å². The molecule has 0 unspecified atom stereocenters. The van der Waals surface area contributed by atoms with Gasteiger partial charge in [0.25, 0.3) is 5.91 Å². The van der Waals surface area contributed by atoms with Gasteiger partial charge in [-0.25, -0.2) is 8.78 Å². The number of aryl methyl sites for hydroxylation is 2. The molecule has 0 saturated heterocycles. The molecule has 0 aliphatic heterocycles. The summed E-state index contributed by atoms with van der Waals surface area (Å²) >= 11 is 1.25. The lowest BCUT2D eigenvalue weighted by molar-refractivity contribution is 0.101. The maximum atomic E-state index is 14.3. The summed E-state index contributed by atoms with van der Waals surface area (Å²) in [6.07, 6.45) is 0. The highest BCUT2D eigenvalue weighted by Gasteiger charge is 2.30. The standard InChI is InChI=1S/C19H13F4N5O2S/c1-7-4-5-9(18-27-28-8(2)25-26-19(28)31-18)6-10(7)24-17(29)11-12(20)14(22)16(30-3)15(23)13(11)21/h4-6H,1-3H3,(H,24,29). The Morgan fingerprint density at radius 1 is 1.06 bits per heavy atom. The van der Waals surface area contributed by atoms with Crippen LogP contribution in [0, 0.1) is 37.1 Å². The van der Waals surface area contributed by atoms with Gasteiger partial charge in [-0.05, 0) is 25.5 Å². The molecule has 2 heterocycles. The molecule has 0 saturated carbocycles. The maximum absolute atomic E-state index is 14.3. The molecular formula is C19H13F4N5O2S. The molecule has 0 spiro atoms. The smallest absolute Gasteiger partial charge is 0.261 e. The van der Waals surface area contributed by atoms with Crippen LogP contribution >= 0.6 is 11.3 Å². The van der Waals surface area contributed by atoms with Crippen LogP contribution in [0.25, 0.3) is 15.5 Å². The van der Waals surface area contributed by atoms with Crippen LogP contribution in [-0.4, -0.2) is 32.8 Å². The molecule has 1 amide bonds. The maximum Gasteiger partial charge on any atom is 0.261 e. The average molecular weight is 451 g/mol. The van der Waals surface area contributed by atoms with Gasteiger partial charge in [-0.1, -0.05) is 23.5 Å². The zero-order valence-corrected chi connectivity index (χ0v) is 17.1. The van der Waals surface area contributed by atoms with E-state index in [9.17, 15) is 22.4 Å². The molecule has 2 aromatic heterocycles. The van der Waals surface area contributed by atoms with Gasteiger partial charge in [0.05, 0.1) is 7.11 Å². The van der Waals surface area contributed by atoms with E-state index in [0.717, 1.165) is 7.11 Å². The van der Waals surface area contributed by atoms with Crippen molar-refractivity contribution >= 4 is 27.9 Å². The monoisotopic (exact) mass is 451 g/mol. The molecule has 0 atom stereocenters. The fourth-order valence-corrected chi connectivity index (χ4v) is 3.78. The zero-order valence-electron chi connectivity index (χ0n) is 16.3. The first kappa shape index (κ1) is 20.7. The lowest BCUT2D eigenvalue weighted by atomic mass is 10.1. The van der Waals surface area contributed by atoms with E-state index in [-0.39, 0.29) is 5.69 Å². The van der Waals surface area contributed by atoms with Crippen molar-refractivity contribution in [2.75, 3.05) is 12.4 Å². The first-order chi connectivity index (χ1) is 14.7. The first-order valence-corrected chi connectivity index (χ1v) is 9.55. The normalized spacial score (nSPS) is 11.2. The third-order valence-electron chi connectivity index (χ3n) is 4.53. The number of fused-ring (bicyclic) bond motifs is 1. The summed E-state index contributed by atoms with van der Waals surface area (Å²) in [5.74, 6) is -9.32. The Labute approximate surface area is 176 Å². The van der Waals surface area contributed by atoms with Crippen LogP contribution < -0.4 is 10.1 Å². The largest absolute Gasteiger partial charge is 0.491 e. The molecule has 0 fully saturated rings. The summed E-state index contributed by atoms with van der Waals surface area (Å²) in [7, 11) is 0.850. The Bertz CT molecular complexity index is 1320. The van der Waals surface area contributed by atoms with E-state index in [1.165, 1.54) is 17.4 Å². The quantitative estimate of drug-likeness (QED) is 0.370. The average Bonchev–Trinajstić information content (AvgIpc) is 3.31. The number of hydrogen-bond donors (Lipinski definition) is 1. The molecule has 7 nitrogen and oxygen atoms in total. The number of hydrogen-bond acceptors (Lipinski definition) is 6. The Kier molecular flexibility index (Phi) is 5.09. The molecule has 160 valence electrons. The Balaban J connectivity index is 1.72. The minimum Gasteiger partial charge on any atom is -0.491 e. The van der Waals surface area contributed by atoms with Crippen molar-refractivity contribution in [2.45, 2.75) is 13.8 Å². The molecule has 2 aromatic carbocycles. The summed E-state index contributed by atoms with van der Waals surface area (Å²) in [5, 5.41) is 15.1. The number of aromatic nitrogens is 4. The number of amides is 1. The molecule has 0 aliphatic carbocycles. The van der Waals surface area contributed by atoms with E-state index in [1.54, 1.807) is 30.5 Å². The molecule has 0 bridgehead atoms. The third-order valence-corrected chi connectivity index (χ3v) is 5.48. The molecular weight excluding hydrogens is 438 g/mol. The number of methoxy groups -OCH3 is 1. The second-order valence-electron chi connectivity index (χ2n) is 6.50. The second-order valence-corrected chi connectivity index (χ2v) is 7.45. The van der Waals surface area contributed by atoms with Crippen molar-refractivity contribution in [3.05, 3.63) is 58.4 Å². The molecule has 31 heavy (non-hydrogen) atoms. The number of anilines is 1. The van der Waals surface area contributed by atoms with Gasteiger partial charge in [0.15, 0.2) is 23.2 Å². The van der Waals surface area contributed by atoms with E-state index in [2.05, 4.69) is 25.3 Å². The molecule has 0 aliphatic rings. The van der Waals surface area contributed by atoms with E-state index < -0.39 is 40.5 Å². The minimum atomic E-state index is -1.86. The fraction of sp³-hybridized carbons (Fsp3) is 0.158. The summed E-state index contributed by atoms with van der Waals surface area (Å²) in [5.41, 5.74) is -0.0777. The predicted octanol–water partition coefficient (Wildman–Crippen LogP) is 4.29. The first-order valence-electron chi connectivity index (χ1n) is 8.74. The fourth-order valence-electron chi connectivity index (χ4n) is 2.90. The SMILES string of the molecule is COc1c(F)c(F)c(C(=O)Nc2cc(-c3nn4c(C)nnc4s3)ccc2C)c(F)c1F. The number of halogens is 4. The topological polar surface area (TPSA) is 81.4 Å². The Morgan fingerprint density at radius 3 is 2.35 bits per heavy atom. The summed E-state index contributed by atoms with van der Waals surface area (Å²) in [4.78, 5) is 13.1. The van der Waals surface area contributed by atoms with Gasteiger partial charge < -0.3 is 10.1 Å². The number of nitrogens with zero attached hydrogens (tertiary/aromatic N) is 4. The van der Waals surface area contributed by atoms with Gasteiger partial charge in [0, 0.05) is 11.3 Å².